The number of alkyl halides is 1. The average Bonchev–Trinajstić information content (AvgIpc) is 2.70. The fourth-order valence-corrected chi connectivity index (χ4v) is 2.98. The maximum absolute atomic E-state index is 6.03. The first kappa shape index (κ1) is 14.7. The molecule has 1 aromatic carbocycles. The molecule has 0 bridgehead atoms. The van der Waals surface area contributed by atoms with E-state index in [1.54, 1.807) is 7.11 Å². The van der Waals surface area contributed by atoms with Gasteiger partial charge in [-0.1, -0.05) is 18.6 Å². The molecule has 0 amide bonds. The Morgan fingerprint density at radius 2 is 2.05 bits per heavy atom. The molecule has 0 saturated carbocycles. The van der Waals surface area contributed by atoms with Crippen LogP contribution >= 0.6 is 11.6 Å². The predicted molar refractivity (Wildman–Crippen MR) is 81.2 cm³/mol. The fraction of sp³-hybridized carbons (Fsp3) is 0.625. The molecule has 1 aliphatic rings. The van der Waals surface area contributed by atoms with E-state index in [-0.39, 0.29) is 0 Å². The van der Waals surface area contributed by atoms with E-state index in [0.717, 1.165) is 24.6 Å². The Kier molecular flexibility index (Phi) is 5.99. The van der Waals surface area contributed by atoms with E-state index in [0.29, 0.717) is 5.92 Å². The number of hydrogen-bond donors (Lipinski definition) is 0. The van der Waals surface area contributed by atoms with Crippen LogP contribution in [0.2, 0.25) is 0 Å². The van der Waals surface area contributed by atoms with Gasteiger partial charge >= 0.3 is 0 Å². The minimum absolute atomic E-state index is 0.681. The molecule has 2 rings (SSSR count). The van der Waals surface area contributed by atoms with Crippen molar-refractivity contribution in [3.8, 4) is 5.75 Å². The van der Waals surface area contributed by atoms with Crippen LogP contribution in [0, 0.1) is 5.92 Å². The zero-order valence-electron chi connectivity index (χ0n) is 11.8. The number of nitrogens with zero attached hydrogens (tertiary/aromatic N) is 1. The normalized spacial score (nSPS) is 21.1. The minimum atomic E-state index is 0.681. The molecule has 1 fully saturated rings. The van der Waals surface area contributed by atoms with Crippen LogP contribution in [0.3, 0.4) is 0 Å². The molecule has 0 aromatic heterocycles. The summed E-state index contributed by atoms with van der Waals surface area (Å²) < 4.78 is 5.18. The summed E-state index contributed by atoms with van der Waals surface area (Å²) in [6, 6.07) is 8.41. The Labute approximate surface area is 121 Å². The summed E-state index contributed by atoms with van der Waals surface area (Å²) in [5.74, 6) is 2.42. The molecular formula is C16H24ClNO. The lowest BCUT2D eigenvalue weighted by molar-refractivity contribution is 0.260. The van der Waals surface area contributed by atoms with Crippen molar-refractivity contribution in [1.29, 1.82) is 0 Å². The van der Waals surface area contributed by atoms with E-state index in [2.05, 4.69) is 17.0 Å². The van der Waals surface area contributed by atoms with Crippen molar-refractivity contribution in [3.05, 3.63) is 29.8 Å². The number of benzene rings is 1. The molecule has 3 heteroatoms. The number of ether oxygens (including phenoxy) is 1. The van der Waals surface area contributed by atoms with Crippen molar-refractivity contribution in [1.82, 2.24) is 4.90 Å². The maximum atomic E-state index is 6.03. The van der Waals surface area contributed by atoms with Gasteiger partial charge in [0.2, 0.25) is 0 Å². The molecule has 1 aromatic rings. The lowest BCUT2D eigenvalue weighted by Crippen LogP contribution is -2.31. The van der Waals surface area contributed by atoms with Crippen LogP contribution in [0.15, 0.2) is 24.3 Å². The average molecular weight is 282 g/mol. The summed E-state index contributed by atoms with van der Waals surface area (Å²) in [6.45, 7) is 3.53. The predicted octanol–water partition coefficient (Wildman–Crippen LogP) is 3.58. The van der Waals surface area contributed by atoms with Crippen molar-refractivity contribution >= 4 is 11.6 Å². The van der Waals surface area contributed by atoms with Gasteiger partial charge in [-0.15, -0.1) is 11.6 Å². The Morgan fingerprint density at radius 3 is 2.74 bits per heavy atom. The summed E-state index contributed by atoms with van der Waals surface area (Å²) in [4.78, 5) is 2.57. The quantitative estimate of drug-likeness (QED) is 0.765. The van der Waals surface area contributed by atoms with Crippen LogP contribution < -0.4 is 4.74 Å². The molecule has 0 radical (unpaired) electrons. The Morgan fingerprint density at radius 1 is 1.26 bits per heavy atom. The Balaban J connectivity index is 1.82. The first-order chi connectivity index (χ1) is 9.31. The molecule has 1 unspecified atom stereocenters. The zero-order valence-corrected chi connectivity index (χ0v) is 12.5. The van der Waals surface area contributed by atoms with Crippen LogP contribution in [-0.2, 0) is 6.42 Å². The number of methoxy groups -OCH3 is 1. The van der Waals surface area contributed by atoms with Crippen LogP contribution in [0.1, 0.15) is 24.8 Å². The van der Waals surface area contributed by atoms with Crippen LogP contribution in [0.5, 0.6) is 5.75 Å². The van der Waals surface area contributed by atoms with Gasteiger partial charge < -0.3 is 9.64 Å². The van der Waals surface area contributed by atoms with Gasteiger partial charge in [0.25, 0.3) is 0 Å². The van der Waals surface area contributed by atoms with Crippen molar-refractivity contribution in [2.75, 3.05) is 32.6 Å². The lowest BCUT2D eigenvalue weighted by atomic mass is 10.1. The second-order valence-corrected chi connectivity index (χ2v) is 5.72. The molecule has 0 aliphatic carbocycles. The molecule has 1 aliphatic heterocycles. The van der Waals surface area contributed by atoms with Gasteiger partial charge in [-0.05, 0) is 49.4 Å². The third-order valence-electron chi connectivity index (χ3n) is 3.95. The van der Waals surface area contributed by atoms with Crippen LogP contribution in [0.25, 0.3) is 0 Å². The summed E-state index contributed by atoms with van der Waals surface area (Å²) in [6.07, 6.45) is 5.05. The molecule has 106 valence electrons. The molecular weight excluding hydrogens is 258 g/mol. The summed E-state index contributed by atoms with van der Waals surface area (Å²) in [5.41, 5.74) is 1.38. The number of hydrogen-bond acceptors (Lipinski definition) is 2. The highest BCUT2D eigenvalue weighted by atomic mass is 35.5. The van der Waals surface area contributed by atoms with Crippen molar-refractivity contribution in [2.45, 2.75) is 25.7 Å². The van der Waals surface area contributed by atoms with Gasteiger partial charge in [0, 0.05) is 19.0 Å². The Hall–Kier alpha value is -0.730. The van der Waals surface area contributed by atoms with Gasteiger partial charge in [-0.3, -0.25) is 0 Å². The van der Waals surface area contributed by atoms with E-state index in [4.69, 9.17) is 16.3 Å². The monoisotopic (exact) mass is 281 g/mol. The molecule has 19 heavy (non-hydrogen) atoms. The van der Waals surface area contributed by atoms with E-state index < -0.39 is 0 Å². The highest BCUT2D eigenvalue weighted by Crippen LogP contribution is 2.18. The molecule has 0 spiro atoms. The topological polar surface area (TPSA) is 12.5 Å². The summed E-state index contributed by atoms with van der Waals surface area (Å²) >= 11 is 6.03. The van der Waals surface area contributed by atoms with Crippen molar-refractivity contribution < 1.29 is 4.74 Å². The van der Waals surface area contributed by atoms with Gasteiger partial charge in [0.15, 0.2) is 0 Å². The number of halogens is 1. The number of likely N-dealkylation sites (tertiary alicyclic amines) is 1. The van der Waals surface area contributed by atoms with E-state index in [1.165, 1.54) is 37.9 Å². The highest BCUT2D eigenvalue weighted by molar-refractivity contribution is 6.18. The smallest absolute Gasteiger partial charge is 0.118 e. The first-order valence-electron chi connectivity index (χ1n) is 7.23. The maximum Gasteiger partial charge on any atom is 0.118 e. The van der Waals surface area contributed by atoms with Gasteiger partial charge in [-0.2, -0.15) is 0 Å². The second-order valence-electron chi connectivity index (χ2n) is 5.41. The first-order valence-corrected chi connectivity index (χ1v) is 7.76. The third-order valence-corrected chi connectivity index (χ3v) is 4.38. The van der Waals surface area contributed by atoms with Crippen molar-refractivity contribution in [2.24, 2.45) is 5.92 Å². The van der Waals surface area contributed by atoms with Gasteiger partial charge in [0.05, 0.1) is 7.11 Å². The second kappa shape index (κ2) is 7.76. The number of rotatable bonds is 5. The Bertz CT molecular complexity index is 366. The van der Waals surface area contributed by atoms with Crippen LogP contribution in [-0.4, -0.2) is 37.5 Å². The standard InChI is InChI=1S/C16H24ClNO/c1-19-16-7-5-14(6-8-16)9-11-18-10-3-2-4-15(12-17)13-18/h5-8,15H,2-4,9-13H2,1H3. The minimum Gasteiger partial charge on any atom is -0.497 e. The molecule has 1 saturated heterocycles. The fourth-order valence-electron chi connectivity index (χ4n) is 2.72. The van der Waals surface area contributed by atoms with E-state index in [1.807, 2.05) is 12.1 Å². The van der Waals surface area contributed by atoms with Gasteiger partial charge in [-0.25, -0.2) is 0 Å². The summed E-state index contributed by atoms with van der Waals surface area (Å²) in [7, 11) is 1.71. The van der Waals surface area contributed by atoms with Crippen molar-refractivity contribution in [3.63, 3.8) is 0 Å². The molecule has 1 heterocycles. The molecule has 2 nitrogen and oxygen atoms in total. The third kappa shape index (κ3) is 4.70. The lowest BCUT2D eigenvalue weighted by Gasteiger charge is -2.23. The molecule has 0 N–H and O–H groups in total. The zero-order chi connectivity index (χ0) is 13.5. The summed E-state index contributed by atoms with van der Waals surface area (Å²) in [5, 5.41) is 0. The van der Waals surface area contributed by atoms with Crippen LogP contribution in [0.4, 0.5) is 0 Å². The SMILES string of the molecule is COc1ccc(CCN2CCCCC(CCl)C2)cc1. The highest BCUT2D eigenvalue weighted by Gasteiger charge is 2.16. The van der Waals surface area contributed by atoms with Gasteiger partial charge in [0.1, 0.15) is 5.75 Å². The largest absolute Gasteiger partial charge is 0.497 e. The van der Waals surface area contributed by atoms with E-state index >= 15 is 0 Å². The molecule has 1 atom stereocenters. The van der Waals surface area contributed by atoms with E-state index in [9.17, 15) is 0 Å².